The number of hydrogen-bond acceptors (Lipinski definition) is 8. The lowest BCUT2D eigenvalue weighted by molar-refractivity contribution is -0.137. The first-order valence-corrected chi connectivity index (χ1v) is 12.8. The second-order valence-corrected chi connectivity index (χ2v) is 10.1. The first kappa shape index (κ1) is 25.5. The SMILES string of the molecule is CN1CC[C@@H](COc2nc3c(c(N4CCNC(CC#N)C4)n2)CCN(c2ccccc2C(F)(F)F)C3)C1. The van der Waals surface area contributed by atoms with Crippen molar-refractivity contribution >= 4 is 11.5 Å². The molecule has 0 amide bonds. The van der Waals surface area contributed by atoms with Gasteiger partial charge in [0.25, 0.3) is 0 Å². The van der Waals surface area contributed by atoms with Crippen LogP contribution in [-0.4, -0.2) is 73.8 Å². The second-order valence-electron chi connectivity index (χ2n) is 10.1. The third-order valence-corrected chi connectivity index (χ3v) is 7.40. The predicted octanol–water partition coefficient (Wildman–Crippen LogP) is 3.08. The van der Waals surface area contributed by atoms with Crippen LogP contribution in [0.25, 0.3) is 0 Å². The molecular weight excluding hydrogens is 483 g/mol. The molecule has 1 aromatic carbocycles. The van der Waals surface area contributed by atoms with E-state index in [0.29, 0.717) is 44.1 Å². The summed E-state index contributed by atoms with van der Waals surface area (Å²) in [7, 11) is 2.09. The zero-order chi connectivity index (χ0) is 26.0. The minimum Gasteiger partial charge on any atom is -0.463 e. The summed E-state index contributed by atoms with van der Waals surface area (Å²) in [4.78, 5) is 15.7. The van der Waals surface area contributed by atoms with Gasteiger partial charge in [-0.25, -0.2) is 0 Å². The van der Waals surface area contributed by atoms with Gasteiger partial charge in [-0.2, -0.15) is 28.4 Å². The summed E-state index contributed by atoms with van der Waals surface area (Å²) in [6.07, 6.45) is -2.47. The standard InChI is InChI=1S/C26H32F3N7O/c1-34-11-7-18(14-34)17-37-25-32-22-16-35(23-5-3-2-4-21(23)26(27,28)29)12-8-20(22)24(33-25)36-13-10-31-19(15-36)6-9-30/h2-5,18-19,31H,6-8,10-17H2,1H3/t18-,19?/m1/s1. The Morgan fingerprint density at radius 1 is 1.14 bits per heavy atom. The van der Waals surface area contributed by atoms with Crippen LogP contribution in [0.4, 0.5) is 24.7 Å². The normalized spacial score (nSPS) is 22.6. The highest BCUT2D eigenvalue weighted by molar-refractivity contribution is 5.59. The fourth-order valence-corrected chi connectivity index (χ4v) is 5.53. The number of para-hydroxylation sites is 1. The van der Waals surface area contributed by atoms with Crippen molar-refractivity contribution in [2.45, 2.75) is 38.0 Å². The lowest BCUT2D eigenvalue weighted by Gasteiger charge is -2.37. The molecule has 3 aliphatic rings. The number of likely N-dealkylation sites (tertiary alicyclic amines) is 1. The van der Waals surface area contributed by atoms with Gasteiger partial charge < -0.3 is 24.8 Å². The molecular formula is C26H32F3N7O. The smallest absolute Gasteiger partial charge is 0.418 e. The van der Waals surface area contributed by atoms with E-state index in [4.69, 9.17) is 14.7 Å². The Labute approximate surface area is 215 Å². The van der Waals surface area contributed by atoms with Crippen molar-refractivity contribution in [3.8, 4) is 12.1 Å². The molecule has 2 fully saturated rings. The largest absolute Gasteiger partial charge is 0.463 e. The molecule has 1 unspecified atom stereocenters. The molecule has 3 aliphatic heterocycles. The van der Waals surface area contributed by atoms with Crippen LogP contribution < -0.4 is 19.9 Å². The van der Waals surface area contributed by atoms with Crippen LogP contribution in [0.1, 0.15) is 29.7 Å². The van der Waals surface area contributed by atoms with E-state index in [9.17, 15) is 18.4 Å². The molecule has 5 rings (SSSR count). The Morgan fingerprint density at radius 3 is 2.73 bits per heavy atom. The van der Waals surface area contributed by atoms with Gasteiger partial charge in [0, 0.05) is 55.9 Å². The Hall–Kier alpha value is -3.10. The third-order valence-electron chi connectivity index (χ3n) is 7.40. The molecule has 8 nitrogen and oxygen atoms in total. The first-order valence-electron chi connectivity index (χ1n) is 12.8. The van der Waals surface area contributed by atoms with Gasteiger partial charge in [-0.1, -0.05) is 12.1 Å². The van der Waals surface area contributed by atoms with Crippen molar-refractivity contribution in [3.63, 3.8) is 0 Å². The number of alkyl halides is 3. The molecule has 37 heavy (non-hydrogen) atoms. The highest BCUT2D eigenvalue weighted by Crippen LogP contribution is 2.39. The maximum Gasteiger partial charge on any atom is 0.418 e. The van der Waals surface area contributed by atoms with Gasteiger partial charge in [0.05, 0.1) is 36.9 Å². The van der Waals surface area contributed by atoms with E-state index in [1.807, 2.05) is 0 Å². The van der Waals surface area contributed by atoms with Gasteiger partial charge in [0.1, 0.15) is 5.82 Å². The number of fused-ring (bicyclic) bond motifs is 1. The fraction of sp³-hybridized carbons (Fsp3) is 0.577. The lowest BCUT2D eigenvalue weighted by Crippen LogP contribution is -2.51. The summed E-state index contributed by atoms with van der Waals surface area (Å²) >= 11 is 0. The van der Waals surface area contributed by atoms with Crippen LogP contribution in [0.2, 0.25) is 0 Å². The van der Waals surface area contributed by atoms with Crippen molar-refractivity contribution < 1.29 is 17.9 Å². The number of nitrogens with zero attached hydrogens (tertiary/aromatic N) is 6. The molecule has 0 radical (unpaired) electrons. The van der Waals surface area contributed by atoms with Gasteiger partial charge in [-0.15, -0.1) is 0 Å². The molecule has 0 bridgehead atoms. The topological polar surface area (TPSA) is 80.5 Å². The maximum absolute atomic E-state index is 13.7. The van der Waals surface area contributed by atoms with Crippen molar-refractivity contribution in [3.05, 3.63) is 41.1 Å². The molecule has 0 saturated carbocycles. The summed E-state index contributed by atoms with van der Waals surface area (Å²) < 4.78 is 47.3. The summed E-state index contributed by atoms with van der Waals surface area (Å²) in [5.41, 5.74) is 1.16. The number of nitriles is 1. The number of piperazine rings is 1. The molecule has 198 valence electrons. The highest BCUT2D eigenvalue weighted by atomic mass is 19.4. The Balaban J connectivity index is 1.45. The molecule has 2 aromatic rings. The van der Waals surface area contributed by atoms with E-state index < -0.39 is 11.7 Å². The molecule has 0 spiro atoms. The van der Waals surface area contributed by atoms with Crippen LogP contribution in [0.15, 0.2) is 24.3 Å². The van der Waals surface area contributed by atoms with Gasteiger partial charge in [0.15, 0.2) is 0 Å². The summed E-state index contributed by atoms with van der Waals surface area (Å²) in [6, 6.07) is 8.22. The van der Waals surface area contributed by atoms with Crippen LogP contribution in [0.3, 0.4) is 0 Å². The zero-order valence-corrected chi connectivity index (χ0v) is 21.0. The number of hydrogen-bond donors (Lipinski definition) is 1. The monoisotopic (exact) mass is 515 g/mol. The highest BCUT2D eigenvalue weighted by Gasteiger charge is 2.36. The molecule has 2 saturated heterocycles. The average Bonchev–Trinajstić information content (AvgIpc) is 3.31. The number of halogens is 3. The lowest BCUT2D eigenvalue weighted by atomic mass is 10.0. The van der Waals surface area contributed by atoms with Crippen LogP contribution in [0, 0.1) is 17.2 Å². The van der Waals surface area contributed by atoms with Crippen molar-refractivity contribution in [1.82, 2.24) is 20.2 Å². The van der Waals surface area contributed by atoms with E-state index in [-0.39, 0.29) is 24.3 Å². The number of benzene rings is 1. The molecule has 0 aliphatic carbocycles. The molecule has 11 heteroatoms. The Morgan fingerprint density at radius 2 is 1.97 bits per heavy atom. The van der Waals surface area contributed by atoms with Gasteiger partial charge in [-0.05, 0) is 38.6 Å². The van der Waals surface area contributed by atoms with Crippen LogP contribution >= 0.6 is 0 Å². The van der Waals surface area contributed by atoms with E-state index >= 15 is 0 Å². The van der Waals surface area contributed by atoms with Crippen LogP contribution in [0.5, 0.6) is 6.01 Å². The molecule has 4 heterocycles. The van der Waals surface area contributed by atoms with E-state index in [0.717, 1.165) is 50.0 Å². The number of rotatable bonds is 6. The molecule has 1 N–H and O–H groups in total. The quantitative estimate of drug-likeness (QED) is 0.629. The minimum atomic E-state index is -4.44. The van der Waals surface area contributed by atoms with Crippen molar-refractivity contribution in [1.29, 1.82) is 5.26 Å². The Kier molecular flexibility index (Phi) is 7.40. The second kappa shape index (κ2) is 10.7. The fourth-order valence-electron chi connectivity index (χ4n) is 5.53. The first-order chi connectivity index (χ1) is 17.8. The Bertz CT molecular complexity index is 1150. The van der Waals surface area contributed by atoms with Gasteiger partial charge in [0.2, 0.25) is 0 Å². The summed E-state index contributed by atoms with van der Waals surface area (Å²) in [5.74, 6) is 1.17. The van der Waals surface area contributed by atoms with E-state index in [2.05, 4.69) is 28.2 Å². The molecule has 1 aromatic heterocycles. The van der Waals surface area contributed by atoms with Gasteiger partial charge in [-0.3, -0.25) is 0 Å². The van der Waals surface area contributed by atoms with Crippen molar-refractivity contribution in [2.24, 2.45) is 5.92 Å². The molecule has 2 atom stereocenters. The zero-order valence-electron chi connectivity index (χ0n) is 21.0. The average molecular weight is 516 g/mol. The number of aromatic nitrogens is 2. The van der Waals surface area contributed by atoms with E-state index in [1.54, 1.807) is 11.0 Å². The summed E-state index contributed by atoms with van der Waals surface area (Å²) in [6.45, 7) is 5.23. The predicted molar refractivity (Wildman–Crippen MR) is 134 cm³/mol. The minimum absolute atomic E-state index is 0.0292. The third kappa shape index (κ3) is 5.75. The summed E-state index contributed by atoms with van der Waals surface area (Å²) in [5, 5.41) is 12.5. The number of anilines is 2. The van der Waals surface area contributed by atoms with Crippen molar-refractivity contribution in [2.75, 3.05) is 62.7 Å². The van der Waals surface area contributed by atoms with Gasteiger partial charge >= 0.3 is 12.2 Å². The maximum atomic E-state index is 13.7. The number of nitrogens with one attached hydrogen (secondary N) is 1. The van der Waals surface area contributed by atoms with Crippen LogP contribution in [-0.2, 0) is 19.1 Å². The van der Waals surface area contributed by atoms with E-state index in [1.165, 1.54) is 12.1 Å². The number of ether oxygens (including phenoxy) is 1.